The topological polar surface area (TPSA) is 29.1 Å². The third-order valence-electron chi connectivity index (χ3n) is 3.72. The molecule has 0 bridgehead atoms. The average molecular weight is 286 g/mol. The van der Waals surface area contributed by atoms with Crippen LogP contribution in [-0.4, -0.2) is 17.8 Å². The van der Waals surface area contributed by atoms with E-state index in [4.69, 9.17) is 11.6 Å². The summed E-state index contributed by atoms with van der Waals surface area (Å²) >= 11 is 7.65. The van der Waals surface area contributed by atoms with E-state index in [2.05, 4.69) is 12.2 Å². The summed E-state index contributed by atoms with van der Waals surface area (Å²) in [6.07, 6.45) is 4.44. The van der Waals surface area contributed by atoms with E-state index in [-0.39, 0.29) is 5.91 Å². The van der Waals surface area contributed by atoms with Crippen molar-refractivity contribution in [1.29, 1.82) is 0 Å². The highest BCUT2D eigenvalue weighted by molar-refractivity contribution is 7.14. The lowest BCUT2D eigenvalue weighted by atomic mass is 9.89. The van der Waals surface area contributed by atoms with E-state index in [0.717, 1.165) is 37.1 Å². The zero-order chi connectivity index (χ0) is 13.1. The molecule has 2 nitrogen and oxygen atoms in total. The Morgan fingerprint density at radius 2 is 2.06 bits per heavy atom. The van der Waals surface area contributed by atoms with Crippen molar-refractivity contribution < 1.29 is 4.79 Å². The van der Waals surface area contributed by atoms with Crippen LogP contribution in [0.4, 0.5) is 0 Å². The normalized spacial score (nSPS) is 23.9. The predicted octanol–water partition coefficient (Wildman–Crippen LogP) is 3.89. The Bertz CT molecular complexity index is 402. The molecule has 18 heavy (non-hydrogen) atoms. The first-order valence-corrected chi connectivity index (χ1v) is 7.81. The van der Waals surface area contributed by atoms with Crippen LogP contribution in [0.25, 0.3) is 0 Å². The number of alkyl halides is 1. The van der Waals surface area contributed by atoms with Gasteiger partial charge in [0.1, 0.15) is 0 Å². The Labute approximate surface area is 118 Å². The SMILES string of the molecule is Cc1cc(C(=O)NCC2CCC(Cl)CC2)sc1C. The van der Waals surface area contributed by atoms with Gasteiger partial charge in [0.25, 0.3) is 5.91 Å². The van der Waals surface area contributed by atoms with Crippen LogP contribution in [0.15, 0.2) is 6.07 Å². The molecular weight excluding hydrogens is 266 g/mol. The fraction of sp³-hybridized carbons (Fsp3) is 0.643. The Morgan fingerprint density at radius 1 is 1.39 bits per heavy atom. The first-order valence-electron chi connectivity index (χ1n) is 6.55. The summed E-state index contributed by atoms with van der Waals surface area (Å²) in [7, 11) is 0. The second-order valence-electron chi connectivity index (χ2n) is 5.18. The highest BCUT2D eigenvalue weighted by Gasteiger charge is 2.20. The fourth-order valence-electron chi connectivity index (χ4n) is 2.34. The van der Waals surface area contributed by atoms with Gasteiger partial charge in [-0.05, 0) is 57.1 Å². The molecule has 1 N–H and O–H groups in total. The summed E-state index contributed by atoms with van der Waals surface area (Å²) in [4.78, 5) is 14.0. The van der Waals surface area contributed by atoms with Gasteiger partial charge < -0.3 is 5.32 Å². The summed E-state index contributed by atoms with van der Waals surface area (Å²) in [5.74, 6) is 0.676. The smallest absolute Gasteiger partial charge is 0.261 e. The van der Waals surface area contributed by atoms with Gasteiger partial charge in [-0.2, -0.15) is 0 Å². The molecule has 1 aromatic rings. The second kappa shape index (κ2) is 6.07. The molecule has 1 aromatic heterocycles. The Hall–Kier alpha value is -0.540. The van der Waals surface area contributed by atoms with Gasteiger partial charge in [-0.3, -0.25) is 4.79 Å². The number of hydrogen-bond donors (Lipinski definition) is 1. The molecule has 100 valence electrons. The third-order valence-corrected chi connectivity index (χ3v) is 5.31. The molecule has 1 fully saturated rings. The van der Waals surface area contributed by atoms with Crippen molar-refractivity contribution in [3.63, 3.8) is 0 Å². The number of amides is 1. The largest absolute Gasteiger partial charge is 0.351 e. The van der Waals surface area contributed by atoms with E-state index in [1.54, 1.807) is 11.3 Å². The predicted molar refractivity (Wildman–Crippen MR) is 77.7 cm³/mol. The van der Waals surface area contributed by atoms with Gasteiger partial charge >= 0.3 is 0 Å². The van der Waals surface area contributed by atoms with Crippen LogP contribution in [0, 0.1) is 19.8 Å². The van der Waals surface area contributed by atoms with E-state index in [1.165, 1.54) is 10.4 Å². The third kappa shape index (κ3) is 3.48. The van der Waals surface area contributed by atoms with E-state index >= 15 is 0 Å². The maximum absolute atomic E-state index is 12.0. The Morgan fingerprint density at radius 3 is 2.61 bits per heavy atom. The van der Waals surface area contributed by atoms with Gasteiger partial charge in [-0.1, -0.05) is 0 Å². The number of nitrogens with one attached hydrogen (secondary N) is 1. The minimum Gasteiger partial charge on any atom is -0.351 e. The van der Waals surface area contributed by atoms with Gasteiger partial charge in [-0.25, -0.2) is 0 Å². The highest BCUT2D eigenvalue weighted by Crippen LogP contribution is 2.27. The number of carbonyl (C=O) groups is 1. The average Bonchev–Trinajstić information content (AvgIpc) is 2.69. The first-order chi connectivity index (χ1) is 8.56. The van der Waals surface area contributed by atoms with Crippen molar-refractivity contribution in [2.24, 2.45) is 5.92 Å². The lowest BCUT2D eigenvalue weighted by Gasteiger charge is -2.24. The number of hydrogen-bond acceptors (Lipinski definition) is 2. The molecule has 4 heteroatoms. The highest BCUT2D eigenvalue weighted by atomic mass is 35.5. The molecular formula is C14H20ClNOS. The lowest BCUT2D eigenvalue weighted by Crippen LogP contribution is -2.31. The van der Waals surface area contributed by atoms with Crippen molar-refractivity contribution in [1.82, 2.24) is 5.32 Å². The molecule has 1 amide bonds. The molecule has 1 aliphatic carbocycles. The molecule has 2 rings (SSSR count). The van der Waals surface area contributed by atoms with Crippen molar-refractivity contribution in [3.05, 3.63) is 21.4 Å². The minimum absolute atomic E-state index is 0.0733. The zero-order valence-corrected chi connectivity index (χ0v) is 12.5. The van der Waals surface area contributed by atoms with Crippen LogP contribution in [0.2, 0.25) is 0 Å². The van der Waals surface area contributed by atoms with Gasteiger partial charge in [0.2, 0.25) is 0 Å². The van der Waals surface area contributed by atoms with Crippen molar-refractivity contribution >= 4 is 28.8 Å². The van der Waals surface area contributed by atoms with Gasteiger partial charge in [0.15, 0.2) is 0 Å². The van der Waals surface area contributed by atoms with Crippen LogP contribution in [0.1, 0.15) is 45.8 Å². The monoisotopic (exact) mass is 285 g/mol. The zero-order valence-electron chi connectivity index (χ0n) is 11.0. The molecule has 0 atom stereocenters. The number of aryl methyl sites for hydroxylation is 2. The maximum atomic E-state index is 12.0. The van der Waals surface area contributed by atoms with Crippen molar-refractivity contribution in [2.45, 2.75) is 44.9 Å². The van der Waals surface area contributed by atoms with Crippen molar-refractivity contribution in [3.8, 4) is 0 Å². The summed E-state index contributed by atoms with van der Waals surface area (Å²) in [6, 6.07) is 1.98. The van der Waals surface area contributed by atoms with E-state index in [0.29, 0.717) is 11.3 Å². The van der Waals surface area contributed by atoms with E-state index in [9.17, 15) is 4.79 Å². The minimum atomic E-state index is 0.0733. The number of thiophene rings is 1. The second-order valence-corrected chi connectivity index (χ2v) is 7.05. The molecule has 0 saturated heterocycles. The standard InChI is InChI=1S/C14H20ClNOS/c1-9-7-13(18-10(9)2)14(17)16-8-11-3-5-12(15)6-4-11/h7,11-12H,3-6,8H2,1-2H3,(H,16,17). The quantitative estimate of drug-likeness (QED) is 0.839. The van der Waals surface area contributed by atoms with Crippen LogP contribution in [-0.2, 0) is 0 Å². The lowest BCUT2D eigenvalue weighted by molar-refractivity contribution is 0.0948. The molecule has 0 aromatic carbocycles. The fourth-order valence-corrected chi connectivity index (χ4v) is 3.54. The van der Waals surface area contributed by atoms with Gasteiger partial charge in [0, 0.05) is 16.8 Å². The molecule has 1 aliphatic rings. The summed E-state index contributed by atoms with van der Waals surface area (Å²) in [6.45, 7) is 4.89. The first kappa shape index (κ1) is 13.9. The van der Waals surface area contributed by atoms with E-state index in [1.807, 2.05) is 13.0 Å². The number of halogens is 1. The number of carbonyl (C=O) groups excluding carboxylic acids is 1. The molecule has 0 spiro atoms. The molecule has 0 aliphatic heterocycles. The number of rotatable bonds is 3. The molecule has 1 saturated carbocycles. The van der Waals surface area contributed by atoms with Gasteiger partial charge in [-0.15, -0.1) is 22.9 Å². The van der Waals surface area contributed by atoms with Crippen LogP contribution in [0.3, 0.4) is 0 Å². The van der Waals surface area contributed by atoms with E-state index < -0.39 is 0 Å². The molecule has 1 heterocycles. The molecule has 0 unspecified atom stereocenters. The van der Waals surface area contributed by atoms with Crippen LogP contribution < -0.4 is 5.32 Å². The van der Waals surface area contributed by atoms with Crippen LogP contribution in [0.5, 0.6) is 0 Å². The summed E-state index contributed by atoms with van der Waals surface area (Å²) < 4.78 is 0. The maximum Gasteiger partial charge on any atom is 0.261 e. The Kier molecular flexibility index (Phi) is 4.68. The van der Waals surface area contributed by atoms with Crippen molar-refractivity contribution in [2.75, 3.05) is 6.54 Å². The summed E-state index contributed by atoms with van der Waals surface area (Å²) in [5, 5.41) is 3.40. The Balaban J connectivity index is 1.81. The summed E-state index contributed by atoms with van der Waals surface area (Å²) in [5.41, 5.74) is 1.20. The van der Waals surface area contributed by atoms with Gasteiger partial charge in [0.05, 0.1) is 4.88 Å². The van der Waals surface area contributed by atoms with Crippen LogP contribution >= 0.6 is 22.9 Å². The molecule has 0 radical (unpaired) electrons.